The number of amides is 2. The van der Waals surface area contributed by atoms with E-state index in [0.29, 0.717) is 35.8 Å². The van der Waals surface area contributed by atoms with Crippen molar-refractivity contribution in [3.63, 3.8) is 0 Å². The third-order valence-corrected chi connectivity index (χ3v) is 4.02. The van der Waals surface area contributed by atoms with E-state index < -0.39 is 5.50 Å². The van der Waals surface area contributed by atoms with Crippen molar-refractivity contribution >= 4 is 30.1 Å². The van der Waals surface area contributed by atoms with E-state index in [1.54, 1.807) is 30.2 Å². The van der Waals surface area contributed by atoms with Crippen LogP contribution in [0.3, 0.4) is 0 Å². The monoisotopic (exact) mass is 366 g/mol. The van der Waals surface area contributed by atoms with E-state index in [9.17, 15) is 9.59 Å². The lowest BCUT2D eigenvalue weighted by Crippen LogP contribution is -2.50. The highest BCUT2D eigenvalue weighted by molar-refractivity contribution is 7.80. The van der Waals surface area contributed by atoms with Gasteiger partial charge >= 0.3 is 0 Å². The number of carbonyl (C=O) groups excluding carboxylic acids is 2. The summed E-state index contributed by atoms with van der Waals surface area (Å²) in [5.74, 6) is 0.620. The van der Waals surface area contributed by atoms with E-state index in [1.165, 1.54) is 13.2 Å². The highest BCUT2D eigenvalue weighted by Gasteiger charge is 2.29. The van der Waals surface area contributed by atoms with Crippen molar-refractivity contribution in [3.05, 3.63) is 29.8 Å². The Bertz CT molecular complexity index is 680. The molecular formula is C16H22N4O4S. The number of nitrogens with two attached hydrogens (primary N) is 1. The first kappa shape index (κ1) is 18.9. The molecule has 1 aliphatic heterocycles. The maximum absolute atomic E-state index is 12.1. The fourth-order valence-corrected chi connectivity index (χ4v) is 2.76. The normalized spacial score (nSPS) is 16.8. The SMILES string of the molecule is COc1ccc(C2=CC(=O)NC(S)N2CC(=O)NCCN)c(OC)c1. The van der Waals surface area contributed by atoms with Crippen LogP contribution in [0.1, 0.15) is 5.56 Å². The molecule has 0 aromatic heterocycles. The standard InChI is InChI=1S/C16H22N4O4S/c1-23-10-3-4-11(13(7-10)24-2)12-8-14(21)19-16(25)20(12)9-15(22)18-6-5-17/h3-4,7-8,16,25H,5-6,9,17H2,1-2H3,(H,18,22)(H,19,21). The number of ether oxygens (including phenoxy) is 2. The molecule has 2 amide bonds. The van der Waals surface area contributed by atoms with Gasteiger partial charge in [0.25, 0.3) is 0 Å². The van der Waals surface area contributed by atoms with Gasteiger partial charge in [-0.05, 0) is 12.1 Å². The van der Waals surface area contributed by atoms with Gasteiger partial charge in [0.1, 0.15) is 17.0 Å². The van der Waals surface area contributed by atoms with E-state index in [2.05, 4.69) is 23.3 Å². The lowest BCUT2D eigenvalue weighted by Gasteiger charge is -2.35. The lowest BCUT2D eigenvalue weighted by atomic mass is 10.1. The van der Waals surface area contributed by atoms with Gasteiger partial charge < -0.3 is 30.7 Å². The van der Waals surface area contributed by atoms with Crippen LogP contribution in [0, 0.1) is 0 Å². The highest BCUT2D eigenvalue weighted by Crippen LogP contribution is 2.34. The van der Waals surface area contributed by atoms with Crippen molar-refractivity contribution in [1.82, 2.24) is 15.5 Å². The largest absolute Gasteiger partial charge is 0.497 e. The van der Waals surface area contributed by atoms with Crippen LogP contribution in [0.5, 0.6) is 11.5 Å². The second-order valence-electron chi connectivity index (χ2n) is 5.24. The molecule has 4 N–H and O–H groups in total. The van der Waals surface area contributed by atoms with E-state index in [4.69, 9.17) is 15.2 Å². The Labute approximate surface area is 151 Å². The van der Waals surface area contributed by atoms with Crippen molar-refractivity contribution in [2.24, 2.45) is 5.73 Å². The zero-order valence-electron chi connectivity index (χ0n) is 14.1. The topological polar surface area (TPSA) is 106 Å². The second-order valence-corrected chi connectivity index (χ2v) is 5.73. The smallest absolute Gasteiger partial charge is 0.248 e. The van der Waals surface area contributed by atoms with E-state index in [-0.39, 0.29) is 18.4 Å². The minimum absolute atomic E-state index is 0.00939. The molecule has 1 aliphatic rings. The number of methoxy groups -OCH3 is 2. The molecule has 0 radical (unpaired) electrons. The van der Waals surface area contributed by atoms with Crippen molar-refractivity contribution in [2.45, 2.75) is 5.50 Å². The molecule has 8 nitrogen and oxygen atoms in total. The van der Waals surface area contributed by atoms with Gasteiger partial charge in [-0.1, -0.05) is 0 Å². The zero-order chi connectivity index (χ0) is 18.4. The predicted molar refractivity (Wildman–Crippen MR) is 97.2 cm³/mol. The Morgan fingerprint density at radius 3 is 2.80 bits per heavy atom. The molecule has 1 aromatic rings. The van der Waals surface area contributed by atoms with Crippen LogP contribution < -0.4 is 25.8 Å². The molecule has 1 aromatic carbocycles. The Hall–Kier alpha value is -2.39. The number of nitrogens with zero attached hydrogens (tertiary/aromatic N) is 1. The minimum Gasteiger partial charge on any atom is -0.497 e. The van der Waals surface area contributed by atoms with E-state index in [1.807, 2.05) is 0 Å². The average molecular weight is 366 g/mol. The van der Waals surface area contributed by atoms with Crippen LogP contribution in [-0.2, 0) is 9.59 Å². The maximum Gasteiger partial charge on any atom is 0.248 e. The third-order valence-electron chi connectivity index (χ3n) is 3.61. The molecule has 0 saturated heterocycles. The van der Waals surface area contributed by atoms with Crippen LogP contribution in [0.4, 0.5) is 0 Å². The van der Waals surface area contributed by atoms with Gasteiger partial charge in [0.05, 0.1) is 26.5 Å². The Kier molecular flexibility index (Phi) is 6.54. The molecule has 1 atom stereocenters. The van der Waals surface area contributed by atoms with Crippen LogP contribution in [0.2, 0.25) is 0 Å². The van der Waals surface area contributed by atoms with E-state index >= 15 is 0 Å². The fourth-order valence-electron chi connectivity index (χ4n) is 2.42. The summed E-state index contributed by atoms with van der Waals surface area (Å²) in [5, 5.41) is 5.35. The van der Waals surface area contributed by atoms with Gasteiger partial charge in [0.15, 0.2) is 0 Å². The predicted octanol–water partition coefficient (Wildman–Crippen LogP) is -0.235. The zero-order valence-corrected chi connectivity index (χ0v) is 15.0. The van der Waals surface area contributed by atoms with Crippen molar-refractivity contribution < 1.29 is 19.1 Å². The van der Waals surface area contributed by atoms with Gasteiger partial charge in [0, 0.05) is 30.8 Å². The van der Waals surface area contributed by atoms with Gasteiger partial charge in [-0.2, -0.15) is 0 Å². The first-order valence-corrected chi connectivity index (χ1v) is 8.18. The number of benzene rings is 1. The average Bonchev–Trinajstić information content (AvgIpc) is 2.61. The second kappa shape index (κ2) is 8.63. The van der Waals surface area contributed by atoms with Gasteiger partial charge in [-0.3, -0.25) is 9.59 Å². The fraction of sp³-hybridized carbons (Fsp3) is 0.375. The number of hydrogen-bond acceptors (Lipinski definition) is 7. The van der Waals surface area contributed by atoms with Gasteiger partial charge in [-0.15, -0.1) is 12.6 Å². The van der Waals surface area contributed by atoms with Crippen LogP contribution in [-0.4, -0.2) is 56.1 Å². The summed E-state index contributed by atoms with van der Waals surface area (Å²) >= 11 is 4.38. The van der Waals surface area contributed by atoms with Crippen molar-refractivity contribution in [3.8, 4) is 11.5 Å². The Balaban J connectivity index is 2.37. The highest BCUT2D eigenvalue weighted by atomic mass is 32.1. The number of thiol groups is 1. The van der Waals surface area contributed by atoms with Gasteiger partial charge in [-0.25, -0.2) is 0 Å². The maximum atomic E-state index is 12.1. The summed E-state index contributed by atoms with van der Waals surface area (Å²) in [7, 11) is 3.08. The molecule has 2 rings (SSSR count). The molecule has 0 fully saturated rings. The first-order chi connectivity index (χ1) is 12.0. The summed E-state index contributed by atoms with van der Waals surface area (Å²) in [6.07, 6.45) is 1.41. The molecule has 9 heteroatoms. The molecular weight excluding hydrogens is 344 g/mol. The Morgan fingerprint density at radius 1 is 1.40 bits per heavy atom. The molecule has 136 valence electrons. The van der Waals surface area contributed by atoms with Crippen LogP contribution >= 0.6 is 12.6 Å². The summed E-state index contributed by atoms with van der Waals surface area (Å²) in [6, 6.07) is 5.24. The van der Waals surface area contributed by atoms with Crippen LogP contribution in [0.25, 0.3) is 5.70 Å². The number of carbonyl (C=O) groups is 2. The number of nitrogens with one attached hydrogen (secondary N) is 2. The molecule has 0 saturated carbocycles. The summed E-state index contributed by atoms with van der Waals surface area (Å²) in [4.78, 5) is 25.7. The Morgan fingerprint density at radius 2 is 2.16 bits per heavy atom. The van der Waals surface area contributed by atoms with Gasteiger partial charge in [0.2, 0.25) is 11.8 Å². The molecule has 1 heterocycles. The number of rotatable bonds is 7. The summed E-state index contributed by atoms with van der Waals surface area (Å²) in [5.41, 5.74) is 5.94. The molecule has 0 spiro atoms. The third kappa shape index (κ3) is 4.58. The van der Waals surface area contributed by atoms with E-state index in [0.717, 1.165) is 0 Å². The van der Waals surface area contributed by atoms with Crippen molar-refractivity contribution in [2.75, 3.05) is 33.9 Å². The molecule has 1 unspecified atom stereocenters. The van der Waals surface area contributed by atoms with Crippen LogP contribution in [0.15, 0.2) is 24.3 Å². The summed E-state index contributed by atoms with van der Waals surface area (Å²) < 4.78 is 10.6. The minimum atomic E-state index is -0.650. The first-order valence-electron chi connectivity index (χ1n) is 7.66. The lowest BCUT2D eigenvalue weighted by molar-refractivity contribution is -0.123. The molecule has 25 heavy (non-hydrogen) atoms. The quantitative estimate of drug-likeness (QED) is 0.497. The van der Waals surface area contributed by atoms with Crippen molar-refractivity contribution in [1.29, 1.82) is 0 Å². The number of hydrogen-bond donors (Lipinski definition) is 4. The molecule has 0 bridgehead atoms. The summed E-state index contributed by atoms with van der Waals surface area (Å²) in [6.45, 7) is 0.735. The molecule has 0 aliphatic carbocycles.